The van der Waals surface area contributed by atoms with E-state index in [1.165, 1.54) is 16.8 Å². The van der Waals surface area contributed by atoms with Crippen LogP contribution in [0.5, 0.6) is 0 Å². The summed E-state index contributed by atoms with van der Waals surface area (Å²) in [5, 5.41) is 4.19. The molecule has 2 aromatic carbocycles. The first-order valence-corrected chi connectivity index (χ1v) is 7.60. The third kappa shape index (κ3) is 3.68. The van der Waals surface area contributed by atoms with Crippen molar-refractivity contribution in [1.82, 2.24) is 0 Å². The number of halogens is 2. The summed E-state index contributed by atoms with van der Waals surface area (Å²) < 4.78 is 1.03. The molecule has 0 aliphatic carbocycles. The van der Waals surface area contributed by atoms with Crippen LogP contribution in [-0.4, -0.2) is 14.1 Å². The summed E-state index contributed by atoms with van der Waals surface area (Å²) in [6, 6.07) is 12.3. The van der Waals surface area contributed by atoms with Crippen LogP contribution in [0.1, 0.15) is 11.1 Å². The van der Waals surface area contributed by atoms with E-state index in [4.69, 9.17) is 11.6 Å². The van der Waals surface area contributed by atoms with Crippen LogP contribution < -0.4 is 10.2 Å². The van der Waals surface area contributed by atoms with Crippen molar-refractivity contribution in [3.8, 4) is 0 Å². The first kappa shape index (κ1) is 15.2. The first-order valence-electron chi connectivity index (χ1n) is 6.43. The van der Waals surface area contributed by atoms with Crippen molar-refractivity contribution < 1.29 is 0 Å². The van der Waals surface area contributed by atoms with Gasteiger partial charge in [0.2, 0.25) is 0 Å². The van der Waals surface area contributed by atoms with Gasteiger partial charge in [0.25, 0.3) is 0 Å². The number of anilines is 2. The predicted octanol–water partition coefficient (Wildman–Crippen LogP) is 5.09. The molecular weight excluding hydrogens is 336 g/mol. The van der Waals surface area contributed by atoms with E-state index in [1.807, 2.05) is 18.2 Å². The molecule has 1 N–H and O–H groups in total. The van der Waals surface area contributed by atoms with E-state index in [2.05, 4.69) is 65.4 Å². The maximum atomic E-state index is 5.95. The van der Waals surface area contributed by atoms with Crippen LogP contribution in [0.25, 0.3) is 0 Å². The molecule has 0 saturated heterocycles. The molecule has 0 fully saturated rings. The molecule has 0 amide bonds. The zero-order valence-electron chi connectivity index (χ0n) is 11.9. The normalized spacial score (nSPS) is 10.4. The first-order chi connectivity index (χ1) is 9.47. The second-order valence-corrected chi connectivity index (χ2v) is 6.28. The number of hydrogen-bond donors (Lipinski definition) is 1. The van der Waals surface area contributed by atoms with Crippen molar-refractivity contribution in [2.45, 2.75) is 13.5 Å². The van der Waals surface area contributed by atoms with Crippen molar-refractivity contribution in [1.29, 1.82) is 0 Å². The van der Waals surface area contributed by atoms with E-state index in [1.54, 1.807) is 0 Å². The molecule has 2 nitrogen and oxygen atoms in total. The minimum absolute atomic E-state index is 0.742. The number of benzene rings is 2. The fourth-order valence-electron chi connectivity index (χ4n) is 2.06. The second-order valence-electron chi connectivity index (χ2n) is 4.98. The Bertz CT molecular complexity index is 611. The third-order valence-corrected chi connectivity index (χ3v) is 4.16. The van der Waals surface area contributed by atoms with Gasteiger partial charge in [-0.15, -0.1) is 0 Å². The minimum Gasteiger partial charge on any atom is -0.381 e. The third-order valence-electron chi connectivity index (χ3n) is 3.19. The maximum Gasteiger partial charge on any atom is 0.0417 e. The SMILES string of the molecule is Cc1ccc(NCc2ccc(Cl)cc2Br)cc1N(C)C. The lowest BCUT2D eigenvalue weighted by Gasteiger charge is -2.17. The molecular formula is C16H18BrClN2. The molecule has 0 unspecified atom stereocenters. The highest BCUT2D eigenvalue weighted by Gasteiger charge is 2.04. The van der Waals surface area contributed by atoms with Gasteiger partial charge in [-0.05, 0) is 42.3 Å². The molecule has 0 aromatic heterocycles. The summed E-state index contributed by atoms with van der Waals surface area (Å²) in [5.74, 6) is 0. The van der Waals surface area contributed by atoms with E-state index < -0.39 is 0 Å². The summed E-state index contributed by atoms with van der Waals surface area (Å²) in [7, 11) is 4.11. The zero-order valence-corrected chi connectivity index (χ0v) is 14.2. The van der Waals surface area contributed by atoms with Gasteiger partial charge < -0.3 is 10.2 Å². The van der Waals surface area contributed by atoms with Crippen molar-refractivity contribution in [3.63, 3.8) is 0 Å². The molecule has 4 heteroatoms. The average molecular weight is 354 g/mol. The standard InChI is InChI=1S/C16H18BrClN2/c1-11-4-7-14(9-16(11)20(2)3)19-10-12-5-6-13(18)8-15(12)17/h4-9,19H,10H2,1-3H3. The largest absolute Gasteiger partial charge is 0.381 e. The van der Waals surface area contributed by atoms with Crippen LogP contribution in [-0.2, 0) is 6.54 Å². The Morgan fingerprint density at radius 2 is 1.90 bits per heavy atom. The highest BCUT2D eigenvalue weighted by molar-refractivity contribution is 9.10. The summed E-state index contributed by atoms with van der Waals surface area (Å²) in [5.41, 5.74) is 4.79. The summed E-state index contributed by atoms with van der Waals surface area (Å²) in [6.45, 7) is 2.88. The monoisotopic (exact) mass is 352 g/mol. The van der Waals surface area contributed by atoms with Crippen molar-refractivity contribution >= 4 is 38.9 Å². The topological polar surface area (TPSA) is 15.3 Å². The molecule has 106 valence electrons. The smallest absolute Gasteiger partial charge is 0.0417 e. The molecule has 0 bridgehead atoms. The van der Waals surface area contributed by atoms with Gasteiger partial charge in [-0.1, -0.05) is 39.7 Å². The number of nitrogens with zero attached hydrogens (tertiary/aromatic N) is 1. The number of nitrogens with one attached hydrogen (secondary N) is 1. The summed E-state index contributed by atoms with van der Waals surface area (Å²) in [6.07, 6.45) is 0. The van der Waals surface area contributed by atoms with E-state index in [-0.39, 0.29) is 0 Å². The lowest BCUT2D eigenvalue weighted by molar-refractivity contribution is 1.10. The molecule has 2 aromatic rings. The van der Waals surface area contributed by atoms with Crippen LogP contribution in [0.4, 0.5) is 11.4 Å². The van der Waals surface area contributed by atoms with Crippen LogP contribution in [0.15, 0.2) is 40.9 Å². The molecule has 20 heavy (non-hydrogen) atoms. The Morgan fingerprint density at radius 1 is 1.15 bits per heavy atom. The highest BCUT2D eigenvalue weighted by Crippen LogP contribution is 2.25. The summed E-state index contributed by atoms with van der Waals surface area (Å²) >= 11 is 9.49. The van der Waals surface area contributed by atoms with Crippen LogP contribution in [0.2, 0.25) is 5.02 Å². The van der Waals surface area contributed by atoms with E-state index in [9.17, 15) is 0 Å². The van der Waals surface area contributed by atoms with Crippen molar-refractivity contribution in [2.75, 3.05) is 24.3 Å². The fraction of sp³-hybridized carbons (Fsp3) is 0.250. The molecule has 0 aliphatic rings. The second kappa shape index (κ2) is 6.51. The fourth-order valence-corrected chi connectivity index (χ4v) is 2.89. The molecule has 0 saturated carbocycles. The Balaban J connectivity index is 2.13. The lowest BCUT2D eigenvalue weighted by Crippen LogP contribution is -2.11. The van der Waals surface area contributed by atoms with Crippen molar-refractivity contribution in [2.24, 2.45) is 0 Å². The minimum atomic E-state index is 0.742. The van der Waals surface area contributed by atoms with Crippen molar-refractivity contribution in [3.05, 3.63) is 57.0 Å². The zero-order chi connectivity index (χ0) is 14.7. The predicted molar refractivity (Wildman–Crippen MR) is 92.0 cm³/mol. The van der Waals surface area contributed by atoms with Gasteiger partial charge in [0, 0.05) is 41.5 Å². The van der Waals surface area contributed by atoms with Gasteiger partial charge >= 0.3 is 0 Å². The van der Waals surface area contributed by atoms with E-state index in [0.29, 0.717) is 0 Å². The van der Waals surface area contributed by atoms with E-state index in [0.717, 1.165) is 21.7 Å². The highest BCUT2D eigenvalue weighted by atomic mass is 79.9. The van der Waals surface area contributed by atoms with Crippen LogP contribution in [0.3, 0.4) is 0 Å². The van der Waals surface area contributed by atoms with Gasteiger partial charge in [0.15, 0.2) is 0 Å². The van der Waals surface area contributed by atoms with Crippen LogP contribution >= 0.6 is 27.5 Å². The number of hydrogen-bond acceptors (Lipinski definition) is 2. The Labute approximate surface area is 133 Å². The van der Waals surface area contributed by atoms with E-state index >= 15 is 0 Å². The number of rotatable bonds is 4. The molecule has 0 spiro atoms. The Morgan fingerprint density at radius 3 is 2.55 bits per heavy atom. The molecule has 0 heterocycles. The van der Waals surface area contributed by atoms with Gasteiger partial charge in [0.05, 0.1) is 0 Å². The van der Waals surface area contributed by atoms with Crippen LogP contribution in [0, 0.1) is 6.92 Å². The van der Waals surface area contributed by atoms with Gasteiger partial charge in [-0.2, -0.15) is 0 Å². The Hall–Kier alpha value is -1.19. The van der Waals surface area contributed by atoms with Gasteiger partial charge in [-0.25, -0.2) is 0 Å². The lowest BCUT2D eigenvalue weighted by atomic mass is 10.1. The number of aryl methyl sites for hydroxylation is 1. The molecule has 0 radical (unpaired) electrons. The summed E-state index contributed by atoms with van der Waals surface area (Å²) in [4.78, 5) is 2.12. The van der Waals surface area contributed by atoms with Gasteiger partial charge in [0.1, 0.15) is 0 Å². The Kier molecular flexibility index (Phi) is 4.95. The quantitative estimate of drug-likeness (QED) is 0.823. The average Bonchev–Trinajstić information content (AvgIpc) is 2.39. The molecule has 0 atom stereocenters. The van der Waals surface area contributed by atoms with Gasteiger partial charge in [-0.3, -0.25) is 0 Å². The molecule has 2 rings (SSSR count). The maximum absolute atomic E-state index is 5.95. The molecule has 0 aliphatic heterocycles.